The van der Waals surface area contributed by atoms with Crippen LogP contribution in [0.2, 0.25) is 0 Å². The van der Waals surface area contributed by atoms with Gasteiger partial charge in [0.05, 0.1) is 4.92 Å². The molecule has 0 aromatic heterocycles. The Morgan fingerprint density at radius 3 is 1.59 bits per heavy atom. The Kier molecular flexibility index (Phi) is 12.6. The molecule has 0 atom stereocenters. The molecule has 0 heterocycles. The Bertz CT molecular complexity index is 520. The number of aryl methyl sites for hydroxylation is 2. The molecule has 0 amide bonds. The van der Waals surface area contributed by atoms with Gasteiger partial charge in [0.15, 0.2) is 0 Å². The summed E-state index contributed by atoms with van der Waals surface area (Å²) >= 11 is 0. The second kappa shape index (κ2) is 14.5. The van der Waals surface area contributed by atoms with Gasteiger partial charge in [-0.2, -0.15) is 0 Å². The van der Waals surface area contributed by atoms with E-state index in [2.05, 4.69) is 12.2 Å². The van der Waals surface area contributed by atoms with Gasteiger partial charge in [-0.15, -0.1) is 0 Å². The van der Waals surface area contributed by atoms with Crippen molar-refractivity contribution in [3.63, 3.8) is 0 Å². The van der Waals surface area contributed by atoms with E-state index in [0.717, 1.165) is 29.8 Å². The van der Waals surface area contributed by atoms with E-state index in [9.17, 15) is 10.1 Å². The molecule has 4 nitrogen and oxygen atoms in total. The number of anilines is 1. The van der Waals surface area contributed by atoms with E-state index in [1.54, 1.807) is 0 Å². The van der Waals surface area contributed by atoms with Crippen LogP contribution in [-0.2, 0) is 0 Å². The van der Waals surface area contributed by atoms with E-state index in [0.29, 0.717) is 0 Å². The molecular weight excluding hydrogens is 336 g/mol. The number of hydrogen-bond acceptors (Lipinski definition) is 3. The monoisotopic (exact) mass is 376 g/mol. The number of nitrogens with zero attached hydrogens (tertiary/aromatic N) is 1. The Hall–Kier alpha value is -1.58. The highest BCUT2D eigenvalue weighted by Gasteiger charge is 2.15. The standard InChI is InChI=1S/C23H40N2O2/c1-4-5-6-7-8-9-10-11-12-13-14-15-16-17-24-22-18-20(2)23(25(26)27)21(3)19-22/h18-19,24H,4-17H2,1-3H3. The zero-order valence-corrected chi connectivity index (χ0v) is 17.8. The number of unbranched alkanes of at least 4 members (excludes halogenated alkanes) is 12. The van der Waals surface area contributed by atoms with Crippen molar-refractivity contribution in [2.24, 2.45) is 0 Å². The molecule has 154 valence electrons. The van der Waals surface area contributed by atoms with Gasteiger partial charge in [-0.3, -0.25) is 10.1 Å². The van der Waals surface area contributed by atoms with Crippen molar-refractivity contribution in [2.75, 3.05) is 11.9 Å². The van der Waals surface area contributed by atoms with Gasteiger partial charge in [-0.25, -0.2) is 0 Å². The molecule has 0 saturated heterocycles. The fourth-order valence-corrected chi connectivity index (χ4v) is 3.72. The fraction of sp³-hybridized carbons (Fsp3) is 0.739. The van der Waals surface area contributed by atoms with Crippen LogP contribution in [0.5, 0.6) is 0 Å². The first-order valence-corrected chi connectivity index (χ1v) is 11.1. The summed E-state index contributed by atoms with van der Waals surface area (Å²) in [7, 11) is 0. The molecule has 1 aromatic rings. The Morgan fingerprint density at radius 1 is 0.778 bits per heavy atom. The largest absolute Gasteiger partial charge is 0.385 e. The number of nitrogens with one attached hydrogen (secondary N) is 1. The van der Waals surface area contributed by atoms with Crippen LogP contribution in [0.1, 0.15) is 102 Å². The third kappa shape index (κ3) is 10.4. The van der Waals surface area contributed by atoms with Crippen molar-refractivity contribution in [3.05, 3.63) is 33.4 Å². The van der Waals surface area contributed by atoms with Gasteiger partial charge in [-0.1, -0.05) is 84.0 Å². The van der Waals surface area contributed by atoms with E-state index in [4.69, 9.17) is 0 Å². The van der Waals surface area contributed by atoms with E-state index in [1.165, 1.54) is 77.0 Å². The van der Waals surface area contributed by atoms with E-state index < -0.39 is 0 Å². The Morgan fingerprint density at radius 2 is 1.19 bits per heavy atom. The van der Waals surface area contributed by atoms with Crippen LogP contribution >= 0.6 is 0 Å². The third-order valence-corrected chi connectivity index (χ3v) is 5.28. The normalized spacial score (nSPS) is 10.9. The molecule has 0 aliphatic rings. The average Bonchev–Trinajstić information content (AvgIpc) is 2.61. The van der Waals surface area contributed by atoms with Crippen molar-refractivity contribution in [2.45, 2.75) is 104 Å². The summed E-state index contributed by atoms with van der Waals surface area (Å²) in [4.78, 5) is 10.7. The molecule has 27 heavy (non-hydrogen) atoms. The summed E-state index contributed by atoms with van der Waals surface area (Å²) in [5.74, 6) is 0. The van der Waals surface area contributed by atoms with Gasteiger partial charge in [0.1, 0.15) is 0 Å². The lowest BCUT2D eigenvalue weighted by atomic mass is 10.0. The second-order valence-corrected chi connectivity index (χ2v) is 7.89. The third-order valence-electron chi connectivity index (χ3n) is 5.28. The highest BCUT2D eigenvalue weighted by molar-refractivity contribution is 5.58. The van der Waals surface area contributed by atoms with Gasteiger partial charge in [0.2, 0.25) is 0 Å². The maximum absolute atomic E-state index is 11.0. The first kappa shape index (κ1) is 23.5. The zero-order chi connectivity index (χ0) is 19.9. The van der Waals surface area contributed by atoms with Crippen LogP contribution in [-0.4, -0.2) is 11.5 Å². The molecule has 0 fully saturated rings. The summed E-state index contributed by atoms with van der Waals surface area (Å²) in [6.07, 6.45) is 17.7. The summed E-state index contributed by atoms with van der Waals surface area (Å²) in [6, 6.07) is 3.76. The number of nitro groups is 1. The van der Waals surface area contributed by atoms with Crippen LogP contribution in [0.15, 0.2) is 12.1 Å². The smallest absolute Gasteiger partial charge is 0.275 e. The lowest BCUT2D eigenvalue weighted by molar-refractivity contribution is -0.386. The SMILES string of the molecule is CCCCCCCCCCCCCCCNc1cc(C)c([N+](=O)[O-])c(C)c1. The number of nitro benzene ring substituents is 1. The van der Waals surface area contributed by atoms with E-state index >= 15 is 0 Å². The lowest BCUT2D eigenvalue weighted by Gasteiger charge is -2.09. The summed E-state index contributed by atoms with van der Waals surface area (Å²) in [5, 5.41) is 14.4. The first-order chi connectivity index (χ1) is 13.1. The Labute approximate surface area is 166 Å². The molecule has 0 unspecified atom stereocenters. The van der Waals surface area contributed by atoms with Crippen LogP contribution in [0, 0.1) is 24.0 Å². The molecule has 4 heteroatoms. The maximum atomic E-state index is 11.0. The zero-order valence-electron chi connectivity index (χ0n) is 17.8. The second-order valence-electron chi connectivity index (χ2n) is 7.89. The van der Waals surface area contributed by atoms with Gasteiger partial charge in [0.25, 0.3) is 5.69 Å². The maximum Gasteiger partial charge on any atom is 0.275 e. The predicted molar refractivity (Wildman–Crippen MR) is 117 cm³/mol. The molecular formula is C23H40N2O2. The highest BCUT2D eigenvalue weighted by atomic mass is 16.6. The summed E-state index contributed by atoms with van der Waals surface area (Å²) in [6.45, 7) is 6.82. The minimum Gasteiger partial charge on any atom is -0.385 e. The molecule has 0 aliphatic carbocycles. The van der Waals surface area contributed by atoms with Gasteiger partial charge in [-0.05, 0) is 32.4 Å². The highest BCUT2D eigenvalue weighted by Crippen LogP contribution is 2.26. The molecule has 0 saturated carbocycles. The van der Waals surface area contributed by atoms with Crippen molar-refractivity contribution in [3.8, 4) is 0 Å². The topological polar surface area (TPSA) is 55.2 Å². The average molecular weight is 377 g/mol. The quantitative estimate of drug-likeness (QED) is 0.182. The molecule has 0 spiro atoms. The van der Waals surface area contributed by atoms with Crippen molar-refractivity contribution >= 4 is 11.4 Å². The molecule has 0 bridgehead atoms. The van der Waals surface area contributed by atoms with Crippen LogP contribution in [0.4, 0.5) is 11.4 Å². The van der Waals surface area contributed by atoms with Crippen molar-refractivity contribution < 1.29 is 4.92 Å². The number of hydrogen-bond donors (Lipinski definition) is 1. The van der Waals surface area contributed by atoms with Crippen LogP contribution in [0.3, 0.4) is 0 Å². The Balaban J connectivity index is 2.00. The molecule has 1 rings (SSSR count). The van der Waals surface area contributed by atoms with Crippen LogP contribution < -0.4 is 5.32 Å². The van der Waals surface area contributed by atoms with E-state index in [1.807, 2.05) is 26.0 Å². The minimum absolute atomic E-state index is 0.238. The first-order valence-electron chi connectivity index (χ1n) is 11.1. The predicted octanol–water partition coefficient (Wildman–Crippen LogP) is 7.71. The van der Waals surface area contributed by atoms with Crippen LogP contribution in [0.25, 0.3) is 0 Å². The molecule has 0 radical (unpaired) electrons. The summed E-state index contributed by atoms with van der Waals surface area (Å²) in [5.41, 5.74) is 2.69. The fourth-order valence-electron chi connectivity index (χ4n) is 3.72. The van der Waals surface area contributed by atoms with Gasteiger partial charge >= 0.3 is 0 Å². The summed E-state index contributed by atoms with van der Waals surface area (Å²) < 4.78 is 0. The molecule has 1 N–H and O–H groups in total. The van der Waals surface area contributed by atoms with Crippen molar-refractivity contribution in [1.82, 2.24) is 0 Å². The van der Waals surface area contributed by atoms with Gasteiger partial charge in [0, 0.05) is 23.4 Å². The van der Waals surface area contributed by atoms with Crippen molar-refractivity contribution in [1.29, 1.82) is 0 Å². The van der Waals surface area contributed by atoms with Gasteiger partial charge < -0.3 is 5.32 Å². The molecule has 0 aliphatic heterocycles. The minimum atomic E-state index is -0.291. The number of benzene rings is 1. The number of rotatable bonds is 16. The lowest BCUT2D eigenvalue weighted by Crippen LogP contribution is -2.03. The van der Waals surface area contributed by atoms with E-state index in [-0.39, 0.29) is 10.6 Å². The molecule has 1 aromatic carbocycles.